The van der Waals surface area contributed by atoms with Gasteiger partial charge in [-0.2, -0.15) is 0 Å². The molecular formula is C14H28N2O2. The fourth-order valence-electron chi connectivity index (χ4n) is 2.22. The number of ether oxygens (including phenoxy) is 1. The van der Waals surface area contributed by atoms with E-state index in [0.717, 1.165) is 32.4 Å². The average Bonchev–Trinajstić information content (AvgIpc) is 2.28. The van der Waals surface area contributed by atoms with Crippen LogP contribution in [0.2, 0.25) is 0 Å². The third kappa shape index (κ3) is 5.83. The molecular weight excluding hydrogens is 228 g/mol. The molecule has 0 spiro atoms. The zero-order valence-electron chi connectivity index (χ0n) is 12.2. The Morgan fingerprint density at radius 1 is 1.39 bits per heavy atom. The van der Waals surface area contributed by atoms with Crippen molar-refractivity contribution in [2.45, 2.75) is 65.1 Å². The molecule has 1 aliphatic heterocycles. The smallest absolute Gasteiger partial charge is 0.236 e. The van der Waals surface area contributed by atoms with Crippen LogP contribution in [-0.4, -0.2) is 37.2 Å². The lowest BCUT2D eigenvalue weighted by Crippen LogP contribution is -2.49. The minimum atomic E-state index is -0.118. The van der Waals surface area contributed by atoms with Crippen LogP contribution in [0.1, 0.15) is 47.0 Å². The van der Waals surface area contributed by atoms with Gasteiger partial charge in [0.15, 0.2) is 0 Å². The first-order valence-corrected chi connectivity index (χ1v) is 7.14. The van der Waals surface area contributed by atoms with E-state index in [1.165, 1.54) is 0 Å². The largest absolute Gasteiger partial charge is 0.378 e. The SMILES string of the molecule is CC(C)CCNC(=O)C(C)NC1CCOC(C)C1. The lowest BCUT2D eigenvalue weighted by molar-refractivity contribution is -0.123. The molecule has 0 radical (unpaired) electrons. The first-order chi connectivity index (χ1) is 8.49. The first kappa shape index (κ1) is 15.4. The fourth-order valence-corrected chi connectivity index (χ4v) is 2.22. The van der Waals surface area contributed by atoms with Crippen molar-refractivity contribution in [1.82, 2.24) is 10.6 Å². The fraction of sp³-hybridized carbons (Fsp3) is 0.929. The van der Waals surface area contributed by atoms with Gasteiger partial charge in [-0.05, 0) is 39.0 Å². The lowest BCUT2D eigenvalue weighted by Gasteiger charge is -2.30. The van der Waals surface area contributed by atoms with Crippen LogP contribution >= 0.6 is 0 Å². The van der Waals surface area contributed by atoms with Crippen molar-refractivity contribution < 1.29 is 9.53 Å². The van der Waals surface area contributed by atoms with Gasteiger partial charge in [0.2, 0.25) is 5.91 Å². The zero-order valence-corrected chi connectivity index (χ0v) is 12.2. The molecule has 0 bridgehead atoms. The summed E-state index contributed by atoms with van der Waals surface area (Å²) in [6, 6.07) is 0.284. The van der Waals surface area contributed by atoms with E-state index < -0.39 is 0 Å². The van der Waals surface area contributed by atoms with Gasteiger partial charge in [0, 0.05) is 19.2 Å². The summed E-state index contributed by atoms with van der Waals surface area (Å²) in [6.45, 7) is 9.91. The maximum absolute atomic E-state index is 11.9. The molecule has 18 heavy (non-hydrogen) atoms. The van der Waals surface area contributed by atoms with Gasteiger partial charge in [-0.1, -0.05) is 13.8 Å². The van der Waals surface area contributed by atoms with Crippen LogP contribution in [0.5, 0.6) is 0 Å². The van der Waals surface area contributed by atoms with Gasteiger partial charge in [0.1, 0.15) is 0 Å². The maximum atomic E-state index is 11.9. The predicted molar refractivity (Wildman–Crippen MR) is 73.5 cm³/mol. The first-order valence-electron chi connectivity index (χ1n) is 7.14. The number of hydrogen-bond acceptors (Lipinski definition) is 3. The molecule has 1 heterocycles. The minimum Gasteiger partial charge on any atom is -0.378 e. The molecule has 3 atom stereocenters. The highest BCUT2D eigenvalue weighted by Gasteiger charge is 2.22. The summed E-state index contributed by atoms with van der Waals surface area (Å²) in [7, 11) is 0. The molecule has 0 aliphatic carbocycles. The van der Waals surface area contributed by atoms with Crippen molar-refractivity contribution in [1.29, 1.82) is 0 Å². The van der Waals surface area contributed by atoms with Gasteiger partial charge in [-0.15, -0.1) is 0 Å². The summed E-state index contributed by atoms with van der Waals surface area (Å²) < 4.78 is 5.50. The van der Waals surface area contributed by atoms with E-state index in [1.807, 2.05) is 6.92 Å². The van der Waals surface area contributed by atoms with Crippen LogP contribution in [0.15, 0.2) is 0 Å². The van der Waals surface area contributed by atoms with E-state index in [0.29, 0.717) is 18.1 Å². The lowest BCUT2D eigenvalue weighted by atomic mass is 10.0. The summed E-state index contributed by atoms with van der Waals surface area (Å²) in [5, 5.41) is 6.38. The van der Waals surface area contributed by atoms with Crippen molar-refractivity contribution in [3.63, 3.8) is 0 Å². The minimum absolute atomic E-state index is 0.106. The number of carbonyl (C=O) groups is 1. The molecule has 4 heteroatoms. The number of nitrogens with one attached hydrogen (secondary N) is 2. The molecule has 1 rings (SSSR count). The maximum Gasteiger partial charge on any atom is 0.236 e. The van der Waals surface area contributed by atoms with Crippen LogP contribution < -0.4 is 10.6 Å². The Morgan fingerprint density at radius 3 is 2.72 bits per heavy atom. The molecule has 106 valence electrons. The Bertz CT molecular complexity index is 256. The van der Waals surface area contributed by atoms with Crippen LogP contribution in [-0.2, 0) is 9.53 Å². The molecule has 0 aromatic carbocycles. The highest BCUT2D eigenvalue weighted by molar-refractivity contribution is 5.81. The Balaban J connectivity index is 2.22. The molecule has 4 nitrogen and oxygen atoms in total. The molecule has 0 saturated carbocycles. The van der Waals surface area contributed by atoms with Crippen LogP contribution in [0.25, 0.3) is 0 Å². The van der Waals surface area contributed by atoms with E-state index in [-0.39, 0.29) is 11.9 Å². The number of rotatable bonds is 6. The highest BCUT2D eigenvalue weighted by Crippen LogP contribution is 2.13. The van der Waals surface area contributed by atoms with Crippen molar-refractivity contribution in [3.8, 4) is 0 Å². The van der Waals surface area contributed by atoms with Crippen molar-refractivity contribution in [2.24, 2.45) is 5.92 Å². The van der Waals surface area contributed by atoms with Gasteiger partial charge >= 0.3 is 0 Å². The van der Waals surface area contributed by atoms with Crippen LogP contribution in [0, 0.1) is 5.92 Å². The Hall–Kier alpha value is -0.610. The predicted octanol–water partition coefficient (Wildman–Crippen LogP) is 1.69. The Labute approximate surface area is 111 Å². The third-order valence-corrected chi connectivity index (χ3v) is 3.39. The molecule has 3 unspecified atom stereocenters. The highest BCUT2D eigenvalue weighted by atomic mass is 16.5. The molecule has 0 aromatic rings. The second-order valence-corrected chi connectivity index (χ2v) is 5.76. The number of carbonyl (C=O) groups excluding carboxylic acids is 1. The summed E-state index contributed by atoms with van der Waals surface area (Å²) in [5.41, 5.74) is 0. The average molecular weight is 256 g/mol. The number of hydrogen-bond donors (Lipinski definition) is 2. The standard InChI is InChI=1S/C14H28N2O2/c1-10(2)5-7-15-14(17)12(4)16-13-6-8-18-11(3)9-13/h10-13,16H,5-9H2,1-4H3,(H,15,17). The summed E-state index contributed by atoms with van der Waals surface area (Å²) in [4.78, 5) is 11.9. The van der Waals surface area contributed by atoms with Gasteiger partial charge in [-0.3, -0.25) is 4.79 Å². The molecule has 1 amide bonds. The quantitative estimate of drug-likeness (QED) is 0.760. The van der Waals surface area contributed by atoms with E-state index in [4.69, 9.17) is 4.74 Å². The zero-order chi connectivity index (χ0) is 13.5. The summed E-state index contributed by atoms with van der Waals surface area (Å²) >= 11 is 0. The Kier molecular flexibility index (Phi) is 6.65. The van der Waals surface area contributed by atoms with Crippen molar-refractivity contribution >= 4 is 5.91 Å². The van der Waals surface area contributed by atoms with Crippen LogP contribution in [0.4, 0.5) is 0 Å². The van der Waals surface area contributed by atoms with Gasteiger partial charge in [-0.25, -0.2) is 0 Å². The monoisotopic (exact) mass is 256 g/mol. The molecule has 2 N–H and O–H groups in total. The summed E-state index contributed by atoms with van der Waals surface area (Å²) in [5.74, 6) is 0.736. The van der Waals surface area contributed by atoms with Gasteiger partial charge < -0.3 is 15.4 Å². The summed E-state index contributed by atoms with van der Waals surface area (Å²) in [6.07, 6.45) is 3.32. The van der Waals surface area contributed by atoms with E-state index in [9.17, 15) is 4.79 Å². The Morgan fingerprint density at radius 2 is 2.11 bits per heavy atom. The van der Waals surface area contributed by atoms with Crippen molar-refractivity contribution in [2.75, 3.05) is 13.2 Å². The van der Waals surface area contributed by atoms with E-state index in [2.05, 4.69) is 31.4 Å². The third-order valence-electron chi connectivity index (χ3n) is 3.39. The second kappa shape index (κ2) is 7.74. The van der Waals surface area contributed by atoms with E-state index in [1.54, 1.807) is 0 Å². The molecule has 1 saturated heterocycles. The van der Waals surface area contributed by atoms with E-state index >= 15 is 0 Å². The molecule has 1 aliphatic rings. The molecule has 1 fully saturated rings. The molecule has 0 aromatic heterocycles. The van der Waals surface area contributed by atoms with Gasteiger partial charge in [0.05, 0.1) is 12.1 Å². The topological polar surface area (TPSA) is 50.4 Å². The number of amides is 1. The van der Waals surface area contributed by atoms with Crippen LogP contribution in [0.3, 0.4) is 0 Å². The normalized spacial score (nSPS) is 26.1. The second-order valence-electron chi connectivity index (χ2n) is 5.76. The van der Waals surface area contributed by atoms with Crippen molar-refractivity contribution in [3.05, 3.63) is 0 Å². The van der Waals surface area contributed by atoms with Gasteiger partial charge in [0.25, 0.3) is 0 Å².